The molecule has 8 heteroatoms. The highest BCUT2D eigenvalue weighted by Crippen LogP contribution is 2.53. The molecule has 0 saturated heterocycles. The fourth-order valence-corrected chi connectivity index (χ4v) is 3.51. The van der Waals surface area contributed by atoms with Crippen molar-refractivity contribution < 1.29 is 22.4 Å². The van der Waals surface area contributed by atoms with Gasteiger partial charge in [0.25, 0.3) is 0 Å². The SMILES string of the molecule is C=C(CCC(=O)c1cccnn1)c1ccc2c(c1)SC(F)(F)C(F)(F)C2. The molecule has 0 fully saturated rings. The predicted octanol–water partition coefficient (Wildman–Crippen LogP) is 5.03. The van der Waals surface area contributed by atoms with Crippen LogP contribution in [-0.2, 0) is 6.42 Å². The highest BCUT2D eigenvalue weighted by atomic mass is 32.2. The number of hydrogen-bond donors (Lipinski definition) is 0. The minimum atomic E-state index is -4.15. The third-order valence-corrected chi connectivity index (χ3v) is 5.22. The molecule has 1 aliphatic rings. The minimum Gasteiger partial charge on any atom is -0.292 e. The van der Waals surface area contributed by atoms with E-state index in [4.69, 9.17) is 0 Å². The number of hydrogen-bond acceptors (Lipinski definition) is 4. The number of Topliss-reactive ketones (excluding diaryl/α,β-unsaturated/α-hetero) is 1. The molecule has 26 heavy (non-hydrogen) atoms. The minimum absolute atomic E-state index is 0.111. The molecule has 0 amide bonds. The fraction of sp³-hybridized carbons (Fsp3) is 0.278. The number of carbonyl (C=O) groups is 1. The Balaban J connectivity index is 1.71. The molecular weight excluding hydrogens is 368 g/mol. The second-order valence-corrected chi connectivity index (χ2v) is 7.11. The number of aromatic nitrogens is 2. The van der Waals surface area contributed by atoms with Crippen LogP contribution >= 0.6 is 11.8 Å². The van der Waals surface area contributed by atoms with E-state index < -0.39 is 17.6 Å². The first-order valence-corrected chi connectivity index (χ1v) is 8.58. The van der Waals surface area contributed by atoms with Gasteiger partial charge in [-0.25, -0.2) is 0 Å². The zero-order valence-corrected chi connectivity index (χ0v) is 14.3. The van der Waals surface area contributed by atoms with E-state index in [1.165, 1.54) is 18.3 Å². The Hall–Kier alpha value is -2.22. The Morgan fingerprint density at radius 1 is 1.19 bits per heavy atom. The molecule has 0 radical (unpaired) electrons. The number of nitrogens with zero attached hydrogens (tertiary/aromatic N) is 2. The first-order valence-electron chi connectivity index (χ1n) is 7.76. The first kappa shape index (κ1) is 18.6. The van der Waals surface area contributed by atoms with Crippen molar-refractivity contribution in [3.05, 3.63) is 59.9 Å². The molecule has 0 unspecified atom stereocenters. The topological polar surface area (TPSA) is 42.9 Å². The summed E-state index contributed by atoms with van der Waals surface area (Å²) in [5.41, 5.74) is 1.52. The lowest BCUT2D eigenvalue weighted by Crippen LogP contribution is -2.42. The van der Waals surface area contributed by atoms with Crippen molar-refractivity contribution in [1.29, 1.82) is 0 Å². The summed E-state index contributed by atoms with van der Waals surface area (Å²) in [4.78, 5) is 12.2. The lowest BCUT2D eigenvalue weighted by atomic mass is 9.97. The number of halogens is 4. The van der Waals surface area contributed by atoms with Gasteiger partial charge in [0.1, 0.15) is 5.69 Å². The molecular formula is C18H14F4N2OS. The highest BCUT2D eigenvalue weighted by Gasteiger charge is 2.59. The number of carbonyl (C=O) groups excluding carboxylic acids is 1. The fourth-order valence-electron chi connectivity index (χ4n) is 2.56. The van der Waals surface area contributed by atoms with Gasteiger partial charge in [0.2, 0.25) is 0 Å². The monoisotopic (exact) mass is 382 g/mol. The van der Waals surface area contributed by atoms with Crippen molar-refractivity contribution in [2.45, 2.75) is 35.3 Å². The summed E-state index contributed by atoms with van der Waals surface area (Å²) in [6.07, 6.45) is 0.890. The normalized spacial score (nSPS) is 17.4. The zero-order valence-electron chi connectivity index (χ0n) is 13.5. The smallest absolute Gasteiger partial charge is 0.292 e. The van der Waals surface area contributed by atoms with Gasteiger partial charge in [-0.15, -0.1) is 5.10 Å². The summed E-state index contributed by atoms with van der Waals surface area (Å²) in [6.45, 7) is 3.87. The van der Waals surface area contributed by atoms with E-state index in [0.29, 0.717) is 17.6 Å². The summed E-state index contributed by atoms with van der Waals surface area (Å²) >= 11 is -0.136. The van der Waals surface area contributed by atoms with Gasteiger partial charge < -0.3 is 0 Å². The van der Waals surface area contributed by atoms with Crippen molar-refractivity contribution in [1.82, 2.24) is 10.2 Å². The summed E-state index contributed by atoms with van der Waals surface area (Å²) in [6, 6.07) is 7.56. The van der Waals surface area contributed by atoms with Gasteiger partial charge in [-0.05, 0) is 53.1 Å². The Morgan fingerprint density at radius 3 is 2.65 bits per heavy atom. The van der Waals surface area contributed by atoms with Gasteiger partial charge in [0.05, 0.1) is 0 Å². The van der Waals surface area contributed by atoms with Gasteiger partial charge in [-0.1, -0.05) is 18.7 Å². The maximum absolute atomic E-state index is 13.6. The van der Waals surface area contributed by atoms with Crippen LogP contribution in [0.25, 0.3) is 5.57 Å². The lowest BCUT2D eigenvalue weighted by Gasteiger charge is -2.31. The van der Waals surface area contributed by atoms with Crippen molar-refractivity contribution in [2.75, 3.05) is 0 Å². The molecule has 2 aromatic rings. The first-order chi connectivity index (χ1) is 12.2. The second-order valence-electron chi connectivity index (χ2n) is 5.96. The van der Waals surface area contributed by atoms with Crippen LogP contribution in [0.4, 0.5) is 17.6 Å². The molecule has 136 valence electrons. The summed E-state index contributed by atoms with van der Waals surface area (Å²) in [5.74, 6) is -4.29. The predicted molar refractivity (Wildman–Crippen MR) is 90.5 cm³/mol. The molecule has 3 nitrogen and oxygen atoms in total. The second kappa shape index (κ2) is 6.83. The maximum atomic E-state index is 13.6. The van der Waals surface area contributed by atoms with Crippen LogP contribution in [0, 0.1) is 0 Å². The molecule has 1 aromatic heterocycles. The quantitative estimate of drug-likeness (QED) is 0.537. The maximum Gasteiger partial charge on any atom is 0.360 e. The number of rotatable bonds is 5. The van der Waals surface area contributed by atoms with E-state index in [9.17, 15) is 22.4 Å². The van der Waals surface area contributed by atoms with E-state index in [0.717, 1.165) is 0 Å². The molecule has 0 aliphatic carbocycles. The standard InChI is InChI=1S/C18H14F4N2OS/c1-11(4-7-15(25)14-3-2-8-23-24-14)12-5-6-13-10-17(19,20)18(21,22)26-16(13)9-12/h2-3,5-6,8-9H,1,4,7,10H2. The molecule has 1 aromatic carbocycles. The van der Waals surface area contributed by atoms with Crippen molar-refractivity contribution in [3.63, 3.8) is 0 Å². The van der Waals surface area contributed by atoms with Crippen molar-refractivity contribution >= 4 is 23.1 Å². The lowest BCUT2D eigenvalue weighted by molar-refractivity contribution is -0.153. The molecule has 0 saturated carbocycles. The molecule has 0 spiro atoms. The summed E-state index contributed by atoms with van der Waals surface area (Å²) in [7, 11) is 0. The largest absolute Gasteiger partial charge is 0.360 e. The van der Waals surface area contributed by atoms with Gasteiger partial charge in [0, 0.05) is 23.9 Å². The molecule has 3 rings (SSSR count). The highest BCUT2D eigenvalue weighted by molar-refractivity contribution is 8.00. The Labute approximate surface area is 151 Å². The number of allylic oxidation sites excluding steroid dienone is 1. The van der Waals surface area contributed by atoms with Crippen LogP contribution in [0.15, 0.2) is 48.0 Å². The van der Waals surface area contributed by atoms with Crippen LogP contribution in [0.2, 0.25) is 0 Å². The van der Waals surface area contributed by atoms with Crippen molar-refractivity contribution in [3.8, 4) is 0 Å². The zero-order chi connectivity index (χ0) is 18.9. The third-order valence-electron chi connectivity index (χ3n) is 4.06. The van der Waals surface area contributed by atoms with Crippen LogP contribution in [0.5, 0.6) is 0 Å². The Bertz CT molecular complexity index is 856. The van der Waals surface area contributed by atoms with Gasteiger partial charge in [-0.3, -0.25) is 4.79 Å². The molecule has 0 bridgehead atoms. The summed E-state index contributed by atoms with van der Waals surface area (Å²) < 4.78 is 54.0. The van der Waals surface area contributed by atoms with E-state index in [1.807, 2.05) is 0 Å². The van der Waals surface area contributed by atoms with Crippen molar-refractivity contribution in [2.24, 2.45) is 0 Å². The van der Waals surface area contributed by atoms with Gasteiger partial charge in [-0.2, -0.15) is 22.7 Å². The number of thioether (sulfide) groups is 1. The van der Waals surface area contributed by atoms with E-state index >= 15 is 0 Å². The van der Waals surface area contributed by atoms with Gasteiger partial charge >= 0.3 is 11.2 Å². The molecule has 0 atom stereocenters. The Kier molecular flexibility index (Phi) is 4.88. The number of benzene rings is 1. The van der Waals surface area contributed by atoms with Gasteiger partial charge in [0.15, 0.2) is 5.78 Å². The number of ketones is 1. The van der Waals surface area contributed by atoms with E-state index in [1.54, 1.807) is 18.2 Å². The van der Waals surface area contributed by atoms with Crippen LogP contribution < -0.4 is 0 Å². The van der Waals surface area contributed by atoms with Crippen LogP contribution in [0.1, 0.15) is 34.5 Å². The molecule has 2 heterocycles. The van der Waals surface area contributed by atoms with E-state index in [2.05, 4.69) is 16.8 Å². The third kappa shape index (κ3) is 3.65. The number of alkyl halides is 4. The Morgan fingerprint density at radius 2 is 1.96 bits per heavy atom. The average molecular weight is 382 g/mol. The summed E-state index contributed by atoms with van der Waals surface area (Å²) in [5, 5.41) is 3.21. The number of fused-ring (bicyclic) bond motifs is 1. The molecule has 1 aliphatic heterocycles. The van der Waals surface area contributed by atoms with Crippen LogP contribution in [0.3, 0.4) is 0 Å². The van der Waals surface area contributed by atoms with E-state index in [-0.39, 0.29) is 40.1 Å². The average Bonchev–Trinajstić information content (AvgIpc) is 2.60. The van der Waals surface area contributed by atoms with Crippen LogP contribution in [-0.4, -0.2) is 27.2 Å². The molecule has 0 N–H and O–H groups in total.